The van der Waals surface area contributed by atoms with Crippen LogP contribution in [0.5, 0.6) is 0 Å². The molecule has 0 aromatic rings. The van der Waals surface area contributed by atoms with E-state index in [0.717, 1.165) is 0 Å². The number of carboxylic acid groups (broad SMARTS) is 1. The first-order valence-corrected chi connectivity index (χ1v) is 9.79. The van der Waals surface area contributed by atoms with Crippen molar-refractivity contribution in [1.29, 1.82) is 0 Å². The average Bonchev–Trinajstić information content (AvgIpc) is 3.28. The normalized spacial score (nSPS) is 20.1. The summed E-state index contributed by atoms with van der Waals surface area (Å²) in [7, 11) is 1.29. The van der Waals surface area contributed by atoms with Gasteiger partial charge in [-0.25, -0.2) is 19.2 Å². The maximum atomic E-state index is 11.7. The first-order chi connectivity index (χ1) is 14.2. The summed E-state index contributed by atoms with van der Waals surface area (Å²) in [4.78, 5) is 48.0. The van der Waals surface area contributed by atoms with Crippen molar-refractivity contribution in [3.63, 3.8) is 0 Å². The highest BCUT2D eigenvalue weighted by Crippen LogP contribution is 2.17. The Hall–Kier alpha value is -3.04. The Kier molecular flexibility index (Phi) is 8.65. The number of hydrogen-bond donors (Lipinski definition) is 1. The fraction of sp³-hybridized carbons (Fsp3) is 0.619. The summed E-state index contributed by atoms with van der Waals surface area (Å²) in [6.45, 7) is 11.2. The van der Waals surface area contributed by atoms with Crippen LogP contribution in [0.2, 0.25) is 0 Å². The quantitative estimate of drug-likeness (QED) is 0.395. The Morgan fingerprint density at radius 1 is 0.806 bits per heavy atom. The van der Waals surface area contributed by atoms with Gasteiger partial charge in [0.05, 0.1) is 7.11 Å². The van der Waals surface area contributed by atoms with Crippen LogP contribution in [0.25, 0.3) is 0 Å². The zero-order chi connectivity index (χ0) is 24.0. The van der Waals surface area contributed by atoms with Gasteiger partial charge in [0.15, 0.2) is 12.1 Å². The van der Waals surface area contributed by atoms with Crippen LogP contribution < -0.4 is 0 Å². The van der Waals surface area contributed by atoms with Crippen molar-refractivity contribution in [3.05, 3.63) is 24.3 Å². The zero-order valence-electron chi connectivity index (χ0n) is 19.1. The van der Waals surface area contributed by atoms with E-state index in [1.54, 1.807) is 59.8 Å². The van der Waals surface area contributed by atoms with Crippen LogP contribution in [0, 0.1) is 0 Å². The Balaban J connectivity index is 0.000000311. The molecule has 0 radical (unpaired) electrons. The highest BCUT2D eigenvalue weighted by atomic mass is 16.6. The van der Waals surface area contributed by atoms with Gasteiger partial charge in [-0.3, -0.25) is 9.80 Å². The Morgan fingerprint density at radius 3 is 1.55 bits per heavy atom. The third-order valence-electron chi connectivity index (χ3n) is 3.86. The number of hydrogen-bond acceptors (Lipinski definition) is 7. The smallest absolute Gasteiger partial charge is 0.411 e. The maximum absolute atomic E-state index is 11.7. The molecule has 0 bridgehead atoms. The summed E-state index contributed by atoms with van der Waals surface area (Å²) in [5.74, 6) is -1.51. The highest BCUT2D eigenvalue weighted by Gasteiger charge is 2.34. The van der Waals surface area contributed by atoms with Crippen molar-refractivity contribution in [1.82, 2.24) is 9.80 Å². The molecule has 0 saturated heterocycles. The van der Waals surface area contributed by atoms with Crippen LogP contribution >= 0.6 is 0 Å². The maximum Gasteiger partial charge on any atom is 0.411 e. The molecule has 0 spiro atoms. The lowest BCUT2D eigenvalue weighted by Crippen LogP contribution is -2.44. The van der Waals surface area contributed by atoms with Crippen molar-refractivity contribution in [2.75, 3.05) is 20.2 Å². The minimum absolute atomic E-state index is 0.284. The molecule has 10 nitrogen and oxygen atoms in total. The van der Waals surface area contributed by atoms with Gasteiger partial charge in [-0.2, -0.15) is 0 Å². The SMILES string of the molecule is CC(C)(C)OC(=O)N1CC=C[C@H]1C(=O)O.COC(=O)[C@@H]1C=CCN1C(=O)OC(C)(C)C. The molecule has 0 unspecified atom stereocenters. The lowest BCUT2D eigenvalue weighted by molar-refractivity contribution is -0.144. The largest absolute Gasteiger partial charge is 0.479 e. The molecular weight excluding hydrogens is 408 g/mol. The van der Waals surface area contributed by atoms with Gasteiger partial charge in [0.25, 0.3) is 0 Å². The number of carbonyl (C=O) groups is 4. The third-order valence-corrected chi connectivity index (χ3v) is 3.86. The van der Waals surface area contributed by atoms with E-state index in [1.807, 2.05) is 0 Å². The Labute approximate surface area is 182 Å². The first-order valence-electron chi connectivity index (χ1n) is 9.79. The van der Waals surface area contributed by atoms with E-state index in [0.29, 0.717) is 6.54 Å². The molecule has 2 heterocycles. The molecule has 2 amide bonds. The van der Waals surface area contributed by atoms with Gasteiger partial charge >= 0.3 is 24.1 Å². The number of aliphatic carboxylic acids is 1. The second-order valence-electron chi connectivity index (χ2n) is 8.87. The number of rotatable bonds is 2. The average molecular weight is 440 g/mol. The van der Waals surface area contributed by atoms with Gasteiger partial charge in [0.1, 0.15) is 11.2 Å². The van der Waals surface area contributed by atoms with Crippen LogP contribution in [0.1, 0.15) is 41.5 Å². The lowest BCUT2D eigenvalue weighted by Gasteiger charge is -2.27. The topological polar surface area (TPSA) is 123 Å². The van der Waals surface area contributed by atoms with Crippen LogP contribution in [0.3, 0.4) is 0 Å². The molecular formula is C21H32N2O8. The van der Waals surface area contributed by atoms with Gasteiger partial charge < -0.3 is 19.3 Å². The summed E-state index contributed by atoms with van der Waals surface area (Å²) < 4.78 is 14.9. The molecule has 31 heavy (non-hydrogen) atoms. The number of esters is 1. The van der Waals surface area contributed by atoms with Crippen LogP contribution in [-0.4, -0.2) is 82.5 Å². The molecule has 0 aromatic carbocycles. The van der Waals surface area contributed by atoms with Crippen molar-refractivity contribution < 1.29 is 38.5 Å². The molecule has 0 saturated carbocycles. The summed E-state index contributed by atoms with van der Waals surface area (Å²) >= 11 is 0. The molecule has 1 N–H and O–H groups in total. The predicted octanol–water partition coefficient (Wildman–Crippen LogP) is 2.58. The van der Waals surface area contributed by atoms with Crippen molar-refractivity contribution >= 4 is 24.1 Å². The molecule has 2 aliphatic heterocycles. The highest BCUT2D eigenvalue weighted by molar-refractivity contribution is 5.84. The molecule has 2 rings (SSSR count). The van der Waals surface area contributed by atoms with Crippen LogP contribution in [0.15, 0.2) is 24.3 Å². The van der Waals surface area contributed by atoms with E-state index in [9.17, 15) is 19.2 Å². The van der Waals surface area contributed by atoms with E-state index < -0.39 is 47.4 Å². The molecule has 0 aliphatic carbocycles. The number of carboxylic acids is 1. The van der Waals surface area contributed by atoms with E-state index in [1.165, 1.54) is 23.0 Å². The van der Waals surface area contributed by atoms with Gasteiger partial charge in [-0.1, -0.05) is 24.3 Å². The molecule has 0 aromatic heterocycles. The summed E-state index contributed by atoms with van der Waals surface area (Å²) in [5, 5.41) is 8.83. The standard InChI is InChI=1S/C11H17NO4.C10H15NO4/c1-11(2,3)16-10(14)12-7-5-6-8(12)9(13)15-4;1-10(2,3)15-9(14)11-6-4-5-7(11)8(12)13/h5-6,8H,7H2,1-4H3;4-5,7H,6H2,1-3H3,(H,12,13)/t8-;7-/m00/s1. The third kappa shape index (κ3) is 8.31. The second-order valence-corrected chi connectivity index (χ2v) is 8.87. The molecule has 2 atom stereocenters. The first kappa shape index (κ1) is 26.0. The van der Waals surface area contributed by atoms with Gasteiger partial charge in [0, 0.05) is 13.1 Å². The number of ether oxygens (including phenoxy) is 3. The number of amides is 2. The van der Waals surface area contributed by atoms with Gasteiger partial charge in [-0.15, -0.1) is 0 Å². The monoisotopic (exact) mass is 440 g/mol. The van der Waals surface area contributed by atoms with Crippen LogP contribution in [0.4, 0.5) is 9.59 Å². The molecule has 174 valence electrons. The Morgan fingerprint density at radius 2 is 1.19 bits per heavy atom. The molecule has 2 aliphatic rings. The second kappa shape index (κ2) is 10.3. The van der Waals surface area contributed by atoms with Crippen molar-refractivity contribution in [3.8, 4) is 0 Å². The Bertz CT molecular complexity index is 745. The van der Waals surface area contributed by atoms with Gasteiger partial charge in [0.2, 0.25) is 0 Å². The fourth-order valence-electron chi connectivity index (χ4n) is 2.60. The molecule has 0 fully saturated rings. The van der Waals surface area contributed by atoms with Crippen molar-refractivity contribution in [2.24, 2.45) is 0 Å². The number of carbonyl (C=O) groups excluding carboxylic acids is 3. The fourth-order valence-corrected chi connectivity index (χ4v) is 2.60. The molecule has 10 heteroatoms. The number of methoxy groups -OCH3 is 1. The van der Waals surface area contributed by atoms with E-state index in [4.69, 9.17) is 14.6 Å². The van der Waals surface area contributed by atoms with E-state index in [-0.39, 0.29) is 6.54 Å². The zero-order valence-corrected chi connectivity index (χ0v) is 19.1. The minimum Gasteiger partial charge on any atom is -0.479 e. The number of nitrogens with zero attached hydrogens (tertiary/aromatic N) is 2. The van der Waals surface area contributed by atoms with Crippen LogP contribution in [-0.2, 0) is 23.8 Å². The van der Waals surface area contributed by atoms with E-state index >= 15 is 0 Å². The summed E-state index contributed by atoms with van der Waals surface area (Å²) in [6.07, 6.45) is 5.39. The predicted molar refractivity (Wildman–Crippen MR) is 111 cm³/mol. The van der Waals surface area contributed by atoms with Gasteiger partial charge in [-0.05, 0) is 41.5 Å². The summed E-state index contributed by atoms with van der Waals surface area (Å²) in [6, 6.07) is -1.57. The summed E-state index contributed by atoms with van der Waals surface area (Å²) in [5.41, 5.74) is -1.18. The lowest BCUT2D eigenvalue weighted by atomic mass is 10.2. The minimum atomic E-state index is -1.05. The van der Waals surface area contributed by atoms with E-state index in [2.05, 4.69) is 4.74 Å². The van der Waals surface area contributed by atoms with Crippen molar-refractivity contribution in [2.45, 2.75) is 64.8 Å².